The second-order valence-electron chi connectivity index (χ2n) is 10.9. The normalized spacial score (nSPS) is 12.4. The minimum Gasteiger partial charge on any atom is -0.503 e. The Bertz CT molecular complexity index is 2100. The van der Waals surface area contributed by atoms with Crippen molar-refractivity contribution in [1.29, 1.82) is 0 Å². The Morgan fingerprint density at radius 3 is 1.83 bits per heavy atom. The first-order chi connectivity index (χ1) is 23.3. The molecule has 7 aromatic rings. The quantitative estimate of drug-likeness (QED) is 0.144. The standard InChI is InChI=1S/C41H28N5O.Pt/c1-5-15-31(16-6-1)40-29-39(42-46(40)35-22-11-4-12-23-35)33-19-13-25-37(27-33)47-38-26-14-24-36(28-38)45-30-44(34-20-9-3-10-21-34)41(43-45)32-17-7-2-8-18-32;/h1-26,29-30H;/q-3;. The van der Waals surface area contributed by atoms with Crippen molar-refractivity contribution in [1.82, 2.24) is 9.78 Å². The van der Waals surface area contributed by atoms with Crippen molar-refractivity contribution < 1.29 is 25.8 Å². The van der Waals surface area contributed by atoms with Crippen LogP contribution in [0.25, 0.3) is 28.2 Å². The first kappa shape index (κ1) is 30.9. The molecule has 0 spiro atoms. The number of amidine groups is 1. The fourth-order valence-electron chi connectivity index (χ4n) is 5.52. The number of rotatable bonds is 8. The summed E-state index contributed by atoms with van der Waals surface area (Å²) in [5.41, 5.74) is 7.46. The molecule has 0 saturated carbocycles. The molecular weight excluding hydrogens is 774 g/mol. The largest absolute Gasteiger partial charge is 0.503 e. The van der Waals surface area contributed by atoms with E-state index in [4.69, 9.17) is 14.9 Å². The topological polar surface area (TPSA) is 45.9 Å². The molecule has 0 atom stereocenters. The summed E-state index contributed by atoms with van der Waals surface area (Å²) in [6.45, 7) is 1.97. The van der Waals surface area contributed by atoms with Gasteiger partial charge in [0.05, 0.1) is 11.4 Å². The summed E-state index contributed by atoms with van der Waals surface area (Å²) in [5, 5.41) is 11.8. The Labute approximate surface area is 294 Å². The maximum absolute atomic E-state index is 6.32. The van der Waals surface area contributed by atoms with Crippen LogP contribution in [-0.4, -0.2) is 15.6 Å². The van der Waals surface area contributed by atoms with Gasteiger partial charge in [-0.3, -0.25) is 0 Å². The van der Waals surface area contributed by atoms with Gasteiger partial charge in [-0.05, 0) is 29.8 Å². The zero-order valence-corrected chi connectivity index (χ0v) is 27.9. The Morgan fingerprint density at radius 1 is 0.562 bits per heavy atom. The zero-order chi connectivity index (χ0) is 31.4. The van der Waals surface area contributed by atoms with Gasteiger partial charge in [-0.2, -0.15) is 11.2 Å². The molecule has 0 radical (unpaired) electrons. The van der Waals surface area contributed by atoms with E-state index < -0.39 is 0 Å². The summed E-state index contributed by atoms with van der Waals surface area (Å²) in [6.07, 6.45) is 0. The van der Waals surface area contributed by atoms with E-state index in [1.165, 1.54) is 0 Å². The molecule has 6 nitrogen and oxygen atoms in total. The van der Waals surface area contributed by atoms with E-state index in [1.54, 1.807) is 0 Å². The number of anilines is 2. The summed E-state index contributed by atoms with van der Waals surface area (Å²) in [7, 11) is 0. The van der Waals surface area contributed by atoms with Gasteiger partial charge in [0.1, 0.15) is 5.84 Å². The SMILES string of the molecule is [Pt].[c-]1c(Oc2[c-]c(N3[CH-]N(c4ccccc4)C(c4ccccc4)=N3)ccc2)cccc1-c1cc(-c2ccccc2)n(-c2ccccc2)n1. The number of nitrogens with zero attached hydrogens (tertiary/aromatic N) is 5. The van der Waals surface area contributed by atoms with Crippen LogP contribution >= 0.6 is 0 Å². The van der Waals surface area contributed by atoms with E-state index in [-0.39, 0.29) is 21.1 Å². The molecule has 2 heterocycles. The molecule has 0 amide bonds. The summed E-state index contributed by atoms with van der Waals surface area (Å²) in [4.78, 5) is 2.08. The first-order valence-electron chi connectivity index (χ1n) is 15.3. The Kier molecular flexibility index (Phi) is 8.99. The first-order valence-corrected chi connectivity index (χ1v) is 15.3. The van der Waals surface area contributed by atoms with Crippen LogP contribution in [0, 0.1) is 18.8 Å². The zero-order valence-electron chi connectivity index (χ0n) is 25.6. The second-order valence-corrected chi connectivity index (χ2v) is 10.9. The predicted octanol–water partition coefficient (Wildman–Crippen LogP) is 9.40. The van der Waals surface area contributed by atoms with Gasteiger partial charge in [-0.25, -0.2) is 9.78 Å². The predicted molar refractivity (Wildman–Crippen MR) is 187 cm³/mol. The molecule has 0 aliphatic carbocycles. The third-order valence-electron chi connectivity index (χ3n) is 7.77. The van der Waals surface area contributed by atoms with Crippen LogP contribution in [0.4, 0.5) is 11.4 Å². The number of hydrogen-bond donors (Lipinski definition) is 0. The van der Waals surface area contributed by atoms with Crippen LogP contribution in [0.1, 0.15) is 5.56 Å². The van der Waals surface area contributed by atoms with Crippen LogP contribution in [0.15, 0.2) is 169 Å². The van der Waals surface area contributed by atoms with E-state index in [2.05, 4.69) is 71.6 Å². The number of aromatic nitrogens is 2. The number of para-hydroxylation sites is 2. The van der Waals surface area contributed by atoms with Gasteiger partial charge in [-0.1, -0.05) is 115 Å². The molecule has 0 bridgehead atoms. The van der Waals surface area contributed by atoms with Crippen LogP contribution in [-0.2, 0) is 21.1 Å². The molecule has 8 rings (SSSR count). The fourth-order valence-corrected chi connectivity index (χ4v) is 5.52. The molecule has 0 unspecified atom stereocenters. The van der Waals surface area contributed by atoms with Gasteiger partial charge in [0.25, 0.3) is 0 Å². The van der Waals surface area contributed by atoms with Crippen LogP contribution in [0.3, 0.4) is 0 Å². The van der Waals surface area contributed by atoms with Crippen LogP contribution < -0.4 is 14.6 Å². The van der Waals surface area contributed by atoms with Crippen molar-refractivity contribution in [3.63, 3.8) is 0 Å². The van der Waals surface area contributed by atoms with Gasteiger partial charge in [0, 0.05) is 49.5 Å². The molecule has 0 fully saturated rings. The third-order valence-corrected chi connectivity index (χ3v) is 7.77. The summed E-state index contributed by atoms with van der Waals surface area (Å²) in [6, 6.07) is 61.3. The molecule has 1 aromatic heterocycles. The minimum absolute atomic E-state index is 0. The van der Waals surface area contributed by atoms with Crippen molar-refractivity contribution in [2.24, 2.45) is 5.10 Å². The molecule has 7 heteroatoms. The van der Waals surface area contributed by atoms with Gasteiger partial charge < -0.3 is 14.6 Å². The maximum Gasteiger partial charge on any atom is 0.129 e. The van der Waals surface area contributed by atoms with Gasteiger partial charge in [-0.15, -0.1) is 48.6 Å². The van der Waals surface area contributed by atoms with E-state index in [0.29, 0.717) is 11.5 Å². The van der Waals surface area contributed by atoms with Crippen molar-refractivity contribution in [3.05, 3.63) is 188 Å². The van der Waals surface area contributed by atoms with E-state index in [9.17, 15) is 0 Å². The smallest absolute Gasteiger partial charge is 0.129 e. The molecule has 1 aliphatic rings. The summed E-state index contributed by atoms with van der Waals surface area (Å²) >= 11 is 0. The third kappa shape index (κ3) is 6.44. The molecule has 1 aliphatic heterocycles. The molecular formula is C41H28N5OPt-3. The number of ether oxygens (including phenoxy) is 1. The molecule has 0 N–H and O–H groups in total. The van der Waals surface area contributed by atoms with E-state index >= 15 is 0 Å². The Balaban J connectivity index is 0.00000364. The van der Waals surface area contributed by atoms with E-state index in [1.807, 2.05) is 126 Å². The number of benzene rings is 6. The monoisotopic (exact) mass is 801 g/mol. The van der Waals surface area contributed by atoms with Gasteiger partial charge >= 0.3 is 0 Å². The van der Waals surface area contributed by atoms with Crippen LogP contribution in [0.5, 0.6) is 11.5 Å². The fraction of sp³-hybridized carbons (Fsp3) is 0. The Hall–Kier alpha value is -5.71. The number of hydrogen-bond acceptors (Lipinski definition) is 5. The van der Waals surface area contributed by atoms with Crippen molar-refractivity contribution in [2.75, 3.05) is 9.91 Å². The maximum atomic E-state index is 6.32. The van der Waals surface area contributed by atoms with Gasteiger partial charge in [0.2, 0.25) is 0 Å². The summed E-state index contributed by atoms with van der Waals surface area (Å²) in [5.74, 6) is 1.94. The van der Waals surface area contributed by atoms with E-state index in [0.717, 1.165) is 51.0 Å². The summed E-state index contributed by atoms with van der Waals surface area (Å²) < 4.78 is 8.29. The molecule has 48 heavy (non-hydrogen) atoms. The second kappa shape index (κ2) is 14.0. The Morgan fingerprint density at radius 2 is 1.15 bits per heavy atom. The number of hydrazone groups is 1. The van der Waals surface area contributed by atoms with Crippen molar-refractivity contribution in [3.8, 4) is 39.7 Å². The van der Waals surface area contributed by atoms with Crippen LogP contribution in [0.2, 0.25) is 0 Å². The minimum atomic E-state index is 0. The molecule has 6 aromatic carbocycles. The molecule has 0 saturated heterocycles. The van der Waals surface area contributed by atoms with Crippen molar-refractivity contribution >= 4 is 17.2 Å². The average Bonchev–Trinajstić information content (AvgIpc) is 3.80. The molecule has 236 valence electrons. The van der Waals surface area contributed by atoms with Crippen molar-refractivity contribution in [2.45, 2.75) is 0 Å². The average molecular weight is 802 g/mol. The van der Waals surface area contributed by atoms with Gasteiger partial charge in [0.15, 0.2) is 0 Å².